The molecule has 0 aromatic heterocycles. The molecule has 1 rings (SSSR count). The Hall–Kier alpha value is -0.730. The average molecular weight is 269 g/mol. The van der Waals surface area contributed by atoms with Crippen molar-refractivity contribution in [2.45, 2.75) is 40.3 Å². The summed E-state index contributed by atoms with van der Waals surface area (Å²) in [5.41, 5.74) is 2.53. The largest absolute Gasteiger partial charge is 0.374 e. The number of anilines is 1. The molecule has 0 aliphatic heterocycles. The molecule has 1 aromatic carbocycles. The van der Waals surface area contributed by atoms with Crippen LogP contribution in [0.5, 0.6) is 0 Å². The van der Waals surface area contributed by atoms with E-state index in [4.69, 9.17) is 11.6 Å². The third-order valence-corrected chi connectivity index (χ3v) is 3.03. The van der Waals surface area contributed by atoms with E-state index in [0.717, 1.165) is 18.1 Å². The van der Waals surface area contributed by atoms with Crippen molar-refractivity contribution in [2.24, 2.45) is 5.92 Å². The molecular formula is C15H25ClN2. The van der Waals surface area contributed by atoms with Crippen LogP contribution in [0.3, 0.4) is 0 Å². The van der Waals surface area contributed by atoms with Gasteiger partial charge >= 0.3 is 0 Å². The molecule has 0 amide bonds. The highest BCUT2D eigenvalue weighted by molar-refractivity contribution is 6.30. The topological polar surface area (TPSA) is 15.3 Å². The van der Waals surface area contributed by atoms with E-state index in [1.807, 2.05) is 6.07 Å². The van der Waals surface area contributed by atoms with Crippen LogP contribution in [0.4, 0.5) is 5.69 Å². The van der Waals surface area contributed by atoms with E-state index in [9.17, 15) is 0 Å². The first kappa shape index (κ1) is 15.3. The molecule has 102 valence electrons. The standard InChI is InChI=1S/C15H25ClN2/c1-11(2)10-18(5)15-7-6-14(16)8-13(15)9-17-12(3)4/h6-8,11-12,17H,9-10H2,1-5H3. The van der Waals surface area contributed by atoms with Crippen molar-refractivity contribution in [3.63, 3.8) is 0 Å². The van der Waals surface area contributed by atoms with E-state index in [1.54, 1.807) is 0 Å². The quantitative estimate of drug-likeness (QED) is 0.841. The summed E-state index contributed by atoms with van der Waals surface area (Å²) in [6, 6.07) is 6.62. The molecule has 18 heavy (non-hydrogen) atoms. The van der Waals surface area contributed by atoms with Crippen molar-refractivity contribution in [3.05, 3.63) is 28.8 Å². The fourth-order valence-electron chi connectivity index (χ4n) is 2.03. The first-order valence-corrected chi connectivity index (χ1v) is 7.01. The minimum atomic E-state index is 0.479. The van der Waals surface area contributed by atoms with Gasteiger partial charge in [0.05, 0.1) is 0 Å². The molecule has 0 saturated carbocycles. The highest BCUT2D eigenvalue weighted by Gasteiger charge is 2.09. The minimum Gasteiger partial charge on any atom is -0.374 e. The number of nitrogens with one attached hydrogen (secondary N) is 1. The van der Waals surface area contributed by atoms with Crippen molar-refractivity contribution in [1.82, 2.24) is 5.32 Å². The van der Waals surface area contributed by atoms with Crippen LogP contribution in [0.15, 0.2) is 18.2 Å². The van der Waals surface area contributed by atoms with Crippen LogP contribution in [0.25, 0.3) is 0 Å². The van der Waals surface area contributed by atoms with Gasteiger partial charge in [0.1, 0.15) is 0 Å². The van der Waals surface area contributed by atoms with Gasteiger partial charge < -0.3 is 10.2 Å². The van der Waals surface area contributed by atoms with E-state index >= 15 is 0 Å². The zero-order valence-electron chi connectivity index (χ0n) is 12.1. The predicted molar refractivity (Wildman–Crippen MR) is 81.5 cm³/mol. The summed E-state index contributed by atoms with van der Waals surface area (Å²) in [6.07, 6.45) is 0. The van der Waals surface area contributed by atoms with Crippen LogP contribution in [0, 0.1) is 5.92 Å². The summed E-state index contributed by atoms with van der Waals surface area (Å²) in [6.45, 7) is 10.7. The summed E-state index contributed by atoms with van der Waals surface area (Å²) >= 11 is 6.10. The molecule has 3 heteroatoms. The smallest absolute Gasteiger partial charge is 0.0410 e. The Labute approximate surface area is 116 Å². The van der Waals surface area contributed by atoms with E-state index < -0.39 is 0 Å². The van der Waals surface area contributed by atoms with Gasteiger partial charge in [-0.25, -0.2) is 0 Å². The van der Waals surface area contributed by atoms with E-state index in [0.29, 0.717) is 12.0 Å². The van der Waals surface area contributed by atoms with Crippen LogP contribution in [-0.4, -0.2) is 19.6 Å². The second-order valence-corrected chi connectivity index (χ2v) is 6.02. The first-order chi connectivity index (χ1) is 8.40. The number of benzene rings is 1. The van der Waals surface area contributed by atoms with Crippen LogP contribution in [0.2, 0.25) is 5.02 Å². The van der Waals surface area contributed by atoms with Gasteiger partial charge in [-0.3, -0.25) is 0 Å². The number of halogens is 1. The molecule has 1 aromatic rings. The van der Waals surface area contributed by atoms with Gasteiger partial charge in [0.15, 0.2) is 0 Å². The Morgan fingerprint density at radius 3 is 2.44 bits per heavy atom. The van der Waals surface area contributed by atoms with Gasteiger partial charge in [-0.1, -0.05) is 39.3 Å². The maximum absolute atomic E-state index is 6.10. The Bertz CT molecular complexity index is 375. The molecular weight excluding hydrogens is 244 g/mol. The highest BCUT2D eigenvalue weighted by Crippen LogP contribution is 2.24. The van der Waals surface area contributed by atoms with Crippen molar-refractivity contribution in [2.75, 3.05) is 18.5 Å². The molecule has 0 aliphatic carbocycles. The summed E-state index contributed by atoms with van der Waals surface area (Å²) < 4.78 is 0. The van der Waals surface area contributed by atoms with Crippen molar-refractivity contribution in [3.8, 4) is 0 Å². The molecule has 0 aliphatic rings. The Kier molecular flexibility index (Phi) is 5.97. The fourth-order valence-corrected chi connectivity index (χ4v) is 2.22. The number of nitrogens with zero attached hydrogens (tertiary/aromatic N) is 1. The minimum absolute atomic E-state index is 0.479. The lowest BCUT2D eigenvalue weighted by Gasteiger charge is -2.25. The van der Waals surface area contributed by atoms with Crippen LogP contribution in [-0.2, 0) is 6.54 Å². The molecule has 0 fully saturated rings. The summed E-state index contributed by atoms with van der Waals surface area (Å²) in [5.74, 6) is 0.650. The SMILES string of the molecule is CC(C)CN(C)c1ccc(Cl)cc1CNC(C)C. The monoisotopic (exact) mass is 268 g/mol. The molecule has 0 atom stereocenters. The predicted octanol–water partition coefficient (Wildman–Crippen LogP) is 3.93. The van der Waals surface area contributed by atoms with E-state index in [-0.39, 0.29) is 0 Å². The zero-order chi connectivity index (χ0) is 13.7. The maximum atomic E-state index is 6.10. The van der Waals surface area contributed by atoms with Gasteiger partial charge in [-0.2, -0.15) is 0 Å². The molecule has 0 saturated heterocycles. The molecule has 0 bridgehead atoms. The maximum Gasteiger partial charge on any atom is 0.0410 e. The van der Waals surface area contributed by atoms with Gasteiger partial charge in [0.25, 0.3) is 0 Å². The Morgan fingerprint density at radius 2 is 1.89 bits per heavy atom. The summed E-state index contributed by atoms with van der Waals surface area (Å²) in [7, 11) is 2.14. The lowest BCUT2D eigenvalue weighted by molar-refractivity contribution is 0.585. The second kappa shape index (κ2) is 7.01. The molecule has 2 nitrogen and oxygen atoms in total. The third kappa shape index (κ3) is 4.87. The van der Waals surface area contributed by atoms with E-state index in [2.05, 4.69) is 57.1 Å². The van der Waals surface area contributed by atoms with Gasteiger partial charge in [0.2, 0.25) is 0 Å². The molecule has 0 unspecified atom stereocenters. The molecule has 1 N–H and O–H groups in total. The van der Waals surface area contributed by atoms with Crippen LogP contribution >= 0.6 is 11.6 Å². The number of hydrogen-bond acceptors (Lipinski definition) is 2. The van der Waals surface area contributed by atoms with Crippen LogP contribution < -0.4 is 10.2 Å². The highest BCUT2D eigenvalue weighted by atomic mass is 35.5. The van der Waals surface area contributed by atoms with E-state index in [1.165, 1.54) is 11.3 Å². The van der Waals surface area contributed by atoms with Crippen molar-refractivity contribution in [1.29, 1.82) is 0 Å². The van der Waals surface area contributed by atoms with Crippen molar-refractivity contribution >= 4 is 17.3 Å². The second-order valence-electron chi connectivity index (χ2n) is 5.58. The van der Waals surface area contributed by atoms with Crippen LogP contribution in [0.1, 0.15) is 33.3 Å². The fraction of sp³-hybridized carbons (Fsp3) is 0.600. The first-order valence-electron chi connectivity index (χ1n) is 6.63. The third-order valence-electron chi connectivity index (χ3n) is 2.79. The number of rotatable bonds is 6. The molecule has 0 radical (unpaired) electrons. The summed E-state index contributed by atoms with van der Waals surface area (Å²) in [4.78, 5) is 2.30. The Morgan fingerprint density at radius 1 is 1.22 bits per heavy atom. The Balaban J connectivity index is 2.88. The normalized spacial score (nSPS) is 11.3. The lowest BCUT2D eigenvalue weighted by Crippen LogP contribution is -2.26. The average Bonchev–Trinajstić information content (AvgIpc) is 2.25. The number of hydrogen-bond donors (Lipinski definition) is 1. The summed E-state index contributed by atoms with van der Waals surface area (Å²) in [5, 5.41) is 4.26. The van der Waals surface area contributed by atoms with Gasteiger partial charge in [-0.05, 0) is 29.7 Å². The van der Waals surface area contributed by atoms with Crippen molar-refractivity contribution < 1.29 is 0 Å². The van der Waals surface area contributed by atoms with Gasteiger partial charge in [-0.15, -0.1) is 0 Å². The lowest BCUT2D eigenvalue weighted by atomic mass is 10.1. The van der Waals surface area contributed by atoms with Gasteiger partial charge in [0, 0.05) is 36.9 Å². The zero-order valence-corrected chi connectivity index (χ0v) is 12.9. The molecule has 0 spiro atoms. The molecule has 0 heterocycles.